The maximum Gasteiger partial charge on any atom is 0.229 e. The molecule has 0 radical (unpaired) electrons. The van der Waals surface area contributed by atoms with Crippen LogP contribution in [0.4, 0.5) is 0 Å². The quantitative estimate of drug-likeness (QED) is 0.523. The highest BCUT2D eigenvalue weighted by Crippen LogP contribution is 2.45. The lowest BCUT2D eigenvalue weighted by molar-refractivity contribution is -0.277. The minimum Gasteiger partial charge on any atom is -0.506 e. The van der Waals surface area contributed by atoms with Crippen molar-refractivity contribution >= 4 is 34.0 Å². The molecule has 2 aromatic carbocycles. The normalized spacial score (nSPS) is 29.1. The summed E-state index contributed by atoms with van der Waals surface area (Å²) in [7, 11) is 0. The second-order valence-electron chi connectivity index (χ2n) is 6.10. The van der Waals surface area contributed by atoms with E-state index in [4.69, 9.17) is 32.7 Å². The topological polar surface area (TPSA) is 120 Å². The van der Waals surface area contributed by atoms with E-state index in [-0.39, 0.29) is 21.9 Å². The number of ether oxygens (including phenoxy) is 2. The van der Waals surface area contributed by atoms with Crippen LogP contribution >= 0.6 is 23.2 Å². The lowest BCUT2D eigenvalue weighted by Crippen LogP contribution is -2.60. The predicted molar refractivity (Wildman–Crippen MR) is 94.8 cm³/mol. The van der Waals surface area contributed by atoms with Gasteiger partial charge in [-0.3, -0.25) is 0 Å². The van der Waals surface area contributed by atoms with Crippen LogP contribution < -0.4 is 4.74 Å². The highest BCUT2D eigenvalue weighted by Gasteiger charge is 2.44. The average molecular weight is 405 g/mol. The number of phenols is 1. The molecule has 1 saturated heterocycles. The zero-order valence-electron chi connectivity index (χ0n) is 13.6. The SMILES string of the molecule is Cc1c(Cl)c(O)c2c(O[C@@H]3O[C@H](CO)[C@@H](O)[C@H](O)[C@H]3O)cccc2c1Cl. The van der Waals surface area contributed by atoms with E-state index in [1.165, 1.54) is 6.07 Å². The van der Waals surface area contributed by atoms with Gasteiger partial charge in [-0.1, -0.05) is 35.3 Å². The van der Waals surface area contributed by atoms with Crippen molar-refractivity contribution in [3.63, 3.8) is 0 Å². The molecule has 1 heterocycles. The van der Waals surface area contributed by atoms with Crippen LogP contribution in [0.1, 0.15) is 5.56 Å². The Bertz CT molecular complexity index is 827. The number of aliphatic hydroxyl groups excluding tert-OH is 4. The van der Waals surface area contributed by atoms with Crippen molar-refractivity contribution in [2.45, 2.75) is 37.6 Å². The molecule has 3 rings (SSSR count). The molecule has 9 heteroatoms. The number of rotatable bonds is 3. The van der Waals surface area contributed by atoms with Crippen LogP contribution in [0.15, 0.2) is 18.2 Å². The summed E-state index contributed by atoms with van der Waals surface area (Å²) in [4.78, 5) is 0. The predicted octanol–water partition coefficient (Wildman–Crippen LogP) is 1.34. The van der Waals surface area contributed by atoms with Crippen LogP contribution in [0, 0.1) is 6.92 Å². The molecule has 0 saturated carbocycles. The Morgan fingerprint density at radius 2 is 1.77 bits per heavy atom. The molecule has 142 valence electrons. The first-order valence-corrected chi connectivity index (χ1v) is 8.60. The summed E-state index contributed by atoms with van der Waals surface area (Å²) in [5.74, 6) is -0.142. The zero-order chi connectivity index (χ0) is 19.2. The van der Waals surface area contributed by atoms with Gasteiger partial charge < -0.3 is 35.0 Å². The van der Waals surface area contributed by atoms with Gasteiger partial charge in [-0.05, 0) is 18.6 Å². The van der Waals surface area contributed by atoms with E-state index in [1.54, 1.807) is 19.1 Å². The molecule has 1 aliphatic heterocycles. The van der Waals surface area contributed by atoms with Crippen molar-refractivity contribution < 1.29 is 35.0 Å². The summed E-state index contributed by atoms with van der Waals surface area (Å²) in [5.41, 5.74) is 0.503. The molecule has 5 N–H and O–H groups in total. The smallest absolute Gasteiger partial charge is 0.229 e. The second kappa shape index (κ2) is 7.36. The van der Waals surface area contributed by atoms with Crippen LogP contribution in [0.2, 0.25) is 10.0 Å². The Morgan fingerprint density at radius 1 is 1.08 bits per heavy atom. The maximum absolute atomic E-state index is 10.4. The molecule has 0 aromatic heterocycles. The fourth-order valence-corrected chi connectivity index (χ4v) is 3.42. The van der Waals surface area contributed by atoms with Crippen LogP contribution in [-0.2, 0) is 4.74 Å². The molecular weight excluding hydrogens is 387 g/mol. The van der Waals surface area contributed by atoms with Gasteiger partial charge in [0.05, 0.1) is 22.0 Å². The number of halogens is 2. The zero-order valence-corrected chi connectivity index (χ0v) is 15.1. The molecule has 1 fully saturated rings. The summed E-state index contributed by atoms with van der Waals surface area (Å²) < 4.78 is 11.0. The van der Waals surface area contributed by atoms with Crippen LogP contribution in [0.3, 0.4) is 0 Å². The monoisotopic (exact) mass is 404 g/mol. The number of phenolic OH excluding ortho intramolecular Hbond substituents is 1. The first kappa shape index (κ1) is 19.4. The summed E-state index contributed by atoms with van der Waals surface area (Å²) in [6, 6.07) is 4.80. The molecule has 0 amide bonds. The summed E-state index contributed by atoms with van der Waals surface area (Å²) in [6.45, 7) is 1.08. The van der Waals surface area contributed by atoms with Gasteiger partial charge in [-0.15, -0.1) is 0 Å². The largest absolute Gasteiger partial charge is 0.506 e. The van der Waals surface area contributed by atoms with Crippen molar-refractivity contribution in [1.82, 2.24) is 0 Å². The second-order valence-corrected chi connectivity index (χ2v) is 6.85. The van der Waals surface area contributed by atoms with Crippen molar-refractivity contribution in [3.05, 3.63) is 33.8 Å². The number of fused-ring (bicyclic) bond motifs is 1. The molecule has 7 nitrogen and oxygen atoms in total. The molecule has 0 aliphatic carbocycles. The fourth-order valence-electron chi connectivity index (χ4n) is 2.93. The summed E-state index contributed by atoms with van der Waals surface area (Å²) >= 11 is 12.4. The Morgan fingerprint density at radius 3 is 2.42 bits per heavy atom. The number of hydrogen-bond acceptors (Lipinski definition) is 7. The van der Waals surface area contributed by atoms with Gasteiger partial charge in [0, 0.05) is 5.39 Å². The fraction of sp³-hybridized carbons (Fsp3) is 0.412. The van der Waals surface area contributed by atoms with Crippen LogP contribution in [-0.4, -0.2) is 62.8 Å². The van der Waals surface area contributed by atoms with E-state index in [0.29, 0.717) is 16.0 Å². The third-order valence-electron chi connectivity index (χ3n) is 4.46. The van der Waals surface area contributed by atoms with Crippen molar-refractivity contribution in [2.24, 2.45) is 0 Å². The Labute approximate surface area is 158 Å². The molecular formula is C17H18Cl2O7. The Kier molecular flexibility index (Phi) is 5.50. The minimum atomic E-state index is -1.58. The molecule has 26 heavy (non-hydrogen) atoms. The standard InChI is InChI=1S/C17H18Cl2O7/c1-6-11(18)7-3-2-4-8(10(7)14(22)12(6)19)25-17-16(24)15(23)13(21)9(5-20)26-17/h2-4,9,13,15-17,20-24H,5H2,1H3/t9-,13-,15+,16-,17-/m1/s1. The number of benzene rings is 2. The van der Waals surface area contributed by atoms with E-state index in [1.807, 2.05) is 0 Å². The number of aliphatic hydroxyl groups is 4. The lowest BCUT2D eigenvalue weighted by Gasteiger charge is -2.39. The molecule has 0 spiro atoms. The van der Waals surface area contributed by atoms with Crippen molar-refractivity contribution in [2.75, 3.05) is 6.61 Å². The lowest BCUT2D eigenvalue weighted by atomic mass is 9.99. The Hall–Kier alpha value is -1.32. The summed E-state index contributed by atoms with van der Waals surface area (Å²) in [6.07, 6.45) is -7.17. The third-order valence-corrected chi connectivity index (χ3v) is 5.41. The molecule has 5 atom stereocenters. The average Bonchev–Trinajstić information content (AvgIpc) is 2.64. The maximum atomic E-state index is 10.4. The van der Waals surface area contributed by atoms with Gasteiger partial charge in [-0.2, -0.15) is 0 Å². The van der Waals surface area contributed by atoms with Crippen LogP contribution in [0.5, 0.6) is 11.5 Å². The summed E-state index contributed by atoms with van der Waals surface area (Å²) in [5, 5.41) is 50.6. The van der Waals surface area contributed by atoms with Gasteiger partial charge in [0.1, 0.15) is 35.9 Å². The van der Waals surface area contributed by atoms with Gasteiger partial charge >= 0.3 is 0 Å². The first-order chi connectivity index (χ1) is 12.3. The molecule has 0 bridgehead atoms. The number of aromatic hydroxyl groups is 1. The van der Waals surface area contributed by atoms with Gasteiger partial charge in [0.2, 0.25) is 6.29 Å². The number of hydrogen-bond donors (Lipinski definition) is 5. The first-order valence-electron chi connectivity index (χ1n) is 7.84. The van der Waals surface area contributed by atoms with Gasteiger partial charge in [-0.25, -0.2) is 0 Å². The molecule has 2 aromatic rings. The van der Waals surface area contributed by atoms with Crippen molar-refractivity contribution in [1.29, 1.82) is 0 Å². The van der Waals surface area contributed by atoms with Gasteiger partial charge in [0.25, 0.3) is 0 Å². The van der Waals surface area contributed by atoms with E-state index < -0.39 is 37.3 Å². The highest BCUT2D eigenvalue weighted by atomic mass is 35.5. The van der Waals surface area contributed by atoms with Gasteiger partial charge in [0.15, 0.2) is 0 Å². The minimum absolute atomic E-state index is 0.0624. The van der Waals surface area contributed by atoms with E-state index >= 15 is 0 Å². The molecule has 1 aliphatic rings. The third kappa shape index (κ3) is 3.10. The van der Waals surface area contributed by atoms with E-state index in [0.717, 1.165) is 0 Å². The van der Waals surface area contributed by atoms with E-state index in [9.17, 15) is 25.5 Å². The molecule has 0 unspecified atom stereocenters. The Balaban J connectivity index is 2.04. The van der Waals surface area contributed by atoms with Crippen LogP contribution in [0.25, 0.3) is 10.8 Å². The van der Waals surface area contributed by atoms with E-state index in [2.05, 4.69) is 0 Å². The van der Waals surface area contributed by atoms with Crippen molar-refractivity contribution in [3.8, 4) is 11.5 Å². The highest BCUT2D eigenvalue weighted by molar-refractivity contribution is 6.41.